The van der Waals surface area contributed by atoms with Crippen molar-refractivity contribution in [2.24, 2.45) is 0 Å². The Hall–Kier alpha value is -3.30. The van der Waals surface area contributed by atoms with Gasteiger partial charge in [-0.1, -0.05) is 0 Å². The molecule has 2 aliphatic heterocycles. The van der Waals surface area contributed by atoms with Crippen LogP contribution in [0.4, 0.5) is 14.6 Å². The third-order valence-corrected chi connectivity index (χ3v) is 5.59. The number of rotatable bonds is 6. The predicted molar refractivity (Wildman–Crippen MR) is 112 cm³/mol. The van der Waals surface area contributed by atoms with Crippen molar-refractivity contribution < 1.29 is 27.8 Å². The summed E-state index contributed by atoms with van der Waals surface area (Å²) < 4.78 is 45.5. The van der Waals surface area contributed by atoms with Gasteiger partial charge in [-0.3, -0.25) is 9.36 Å². The highest BCUT2D eigenvalue weighted by Gasteiger charge is 2.58. The van der Waals surface area contributed by atoms with Crippen LogP contribution in [0.1, 0.15) is 25.8 Å². The van der Waals surface area contributed by atoms with Gasteiger partial charge in [-0.15, -0.1) is 0 Å². The van der Waals surface area contributed by atoms with Crippen molar-refractivity contribution in [3.63, 3.8) is 0 Å². The lowest BCUT2D eigenvalue weighted by atomic mass is 10.1. The third-order valence-electron chi connectivity index (χ3n) is 5.59. The van der Waals surface area contributed by atoms with Crippen LogP contribution < -0.4 is 10.6 Å². The van der Waals surface area contributed by atoms with Crippen LogP contribution >= 0.6 is 0 Å². The highest BCUT2D eigenvalue weighted by atomic mass is 19.3. The number of aromatic nitrogens is 7. The lowest BCUT2D eigenvalue weighted by molar-refractivity contribution is -0.197. The van der Waals surface area contributed by atoms with Crippen molar-refractivity contribution >= 4 is 22.9 Å². The van der Waals surface area contributed by atoms with Crippen molar-refractivity contribution in [1.82, 2.24) is 40.2 Å². The fraction of sp³-hybridized carbons (Fsp3) is 0.579. The number of hydrogen-bond acceptors (Lipinski definition) is 10. The number of halogens is 2. The summed E-state index contributed by atoms with van der Waals surface area (Å²) in [6, 6.07) is 0. The van der Waals surface area contributed by atoms with Gasteiger partial charge in [0.15, 0.2) is 46.6 Å². The minimum absolute atomic E-state index is 0.0998. The summed E-state index contributed by atoms with van der Waals surface area (Å²) in [5.41, 5.74) is 1.40. The van der Waals surface area contributed by atoms with E-state index in [2.05, 4.69) is 41.0 Å². The second-order valence-electron chi connectivity index (χ2n) is 8.38. The molecule has 13 nitrogen and oxygen atoms in total. The molecule has 3 aromatic heterocycles. The summed E-state index contributed by atoms with van der Waals surface area (Å²) in [5.74, 6) is -1.06. The standard InChI is InChI=1S/C19H23F2N9O4/c1-7-9(28-29-27-7)15-25-14(23-5-8(20)21)10-16(26-15)30(6-24-10)18-13-11(33-19(2,3)34-13)12(32-18)17(31)22-4/h6,8,11-13,18H,5H2,1-4H3,(H,22,31)(H,23,25,26)(H,27,28,29)/t11-,12+,13-,18-/m1/s1. The normalized spacial score (nSPS) is 25.7. The Balaban J connectivity index is 1.62. The first-order valence-corrected chi connectivity index (χ1v) is 10.6. The zero-order chi connectivity index (χ0) is 24.2. The molecule has 5 heterocycles. The molecule has 5 rings (SSSR count). The fourth-order valence-electron chi connectivity index (χ4n) is 4.16. The Labute approximate surface area is 191 Å². The lowest BCUT2D eigenvalue weighted by Crippen LogP contribution is -2.41. The first-order valence-electron chi connectivity index (χ1n) is 10.6. The minimum Gasteiger partial charge on any atom is -0.362 e. The lowest BCUT2D eigenvalue weighted by Gasteiger charge is -2.24. The Bertz CT molecular complexity index is 1230. The van der Waals surface area contributed by atoms with E-state index in [9.17, 15) is 13.6 Å². The number of alkyl halides is 2. The van der Waals surface area contributed by atoms with Crippen LogP contribution in [0.5, 0.6) is 0 Å². The molecule has 0 spiro atoms. The molecule has 3 N–H and O–H groups in total. The van der Waals surface area contributed by atoms with Gasteiger partial charge in [0.2, 0.25) is 0 Å². The Morgan fingerprint density at radius 1 is 1.26 bits per heavy atom. The molecule has 0 aromatic carbocycles. The summed E-state index contributed by atoms with van der Waals surface area (Å²) in [5, 5.41) is 15.7. The zero-order valence-corrected chi connectivity index (χ0v) is 18.7. The topological polar surface area (TPSA) is 154 Å². The number of fused-ring (bicyclic) bond motifs is 2. The number of aromatic amines is 1. The summed E-state index contributed by atoms with van der Waals surface area (Å²) in [6.45, 7) is 4.57. The average molecular weight is 479 g/mol. The fourth-order valence-corrected chi connectivity index (χ4v) is 4.16. The summed E-state index contributed by atoms with van der Waals surface area (Å²) in [4.78, 5) is 25.7. The van der Waals surface area contributed by atoms with Crippen LogP contribution in [-0.4, -0.2) is 85.0 Å². The molecule has 2 saturated heterocycles. The summed E-state index contributed by atoms with van der Waals surface area (Å²) in [6.07, 6.45) is -4.26. The van der Waals surface area contributed by atoms with E-state index in [4.69, 9.17) is 14.2 Å². The van der Waals surface area contributed by atoms with Crippen LogP contribution in [-0.2, 0) is 19.0 Å². The van der Waals surface area contributed by atoms with E-state index in [1.807, 2.05) is 0 Å². The Morgan fingerprint density at radius 3 is 2.71 bits per heavy atom. The maximum absolute atomic E-state index is 12.9. The molecule has 34 heavy (non-hydrogen) atoms. The molecule has 2 aliphatic rings. The molecule has 4 atom stereocenters. The molecular formula is C19H23F2N9O4. The number of anilines is 1. The zero-order valence-electron chi connectivity index (χ0n) is 18.7. The molecule has 0 saturated carbocycles. The first-order chi connectivity index (χ1) is 16.2. The highest BCUT2D eigenvalue weighted by Crippen LogP contribution is 2.44. The molecular weight excluding hydrogens is 456 g/mol. The van der Waals surface area contributed by atoms with E-state index >= 15 is 0 Å². The number of ether oxygens (including phenoxy) is 3. The van der Waals surface area contributed by atoms with E-state index in [1.54, 1.807) is 25.3 Å². The number of carbonyl (C=O) groups is 1. The molecule has 3 aromatic rings. The number of nitrogens with zero attached hydrogens (tertiary/aromatic N) is 6. The van der Waals surface area contributed by atoms with E-state index in [1.165, 1.54) is 13.4 Å². The van der Waals surface area contributed by atoms with Crippen LogP contribution in [0, 0.1) is 6.92 Å². The number of carbonyl (C=O) groups excluding carboxylic acids is 1. The number of H-pyrrole nitrogens is 1. The van der Waals surface area contributed by atoms with Crippen molar-refractivity contribution in [1.29, 1.82) is 0 Å². The predicted octanol–water partition coefficient (Wildman–Crippen LogP) is 0.760. The van der Waals surface area contributed by atoms with E-state index < -0.39 is 43.3 Å². The van der Waals surface area contributed by atoms with Crippen LogP contribution in [0.2, 0.25) is 0 Å². The molecule has 0 bridgehead atoms. The average Bonchev–Trinajstić information content (AvgIpc) is 3.53. The largest absolute Gasteiger partial charge is 0.362 e. The number of likely N-dealkylation sites (N-methyl/N-ethyl adjacent to an activating group) is 1. The van der Waals surface area contributed by atoms with Crippen molar-refractivity contribution in [3.8, 4) is 11.5 Å². The molecule has 1 amide bonds. The summed E-state index contributed by atoms with van der Waals surface area (Å²) in [7, 11) is 1.50. The van der Waals surface area contributed by atoms with Gasteiger partial charge in [0, 0.05) is 7.05 Å². The van der Waals surface area contributed by atoms with Gasteiger partial charge in [0.05, 0.1) is 18.6 Å². The second-order valence-corrected chi connectivity index (χ2v) is 8.38. The van der Waals surface area contributed by atoms with Crippen LogP contribution in [0.15, 0.2) is 6.33 Å². The number of aryl methyl sites for hydroxylation is 1. The van der Waals surface area contributed by atoms with Gasteiger partial charge >= 0.3 is 0 Å². The Kier molecular flexibility index (Phi) is 5.41. The van der Waals surface area contributed by atoms with Crippen LogP contribution in [0.3, 0.4) is 0 Å². The number of imidazole rings is 1. The number of amides is 1. The van der Waals surface area contributed by atoms with Gasteiger partial charge in [0.1, 0.15) is 12.2 Å². The molecule has 2 fully saturated rings. The van der Waals surface area contributed by atoms with Crippen molar-refractivity contribution in [3.05, 3.63) is 12.0 Å². The Morgan fingerprint density at radius 2 is 2.03 bits per heavy atom. The van der Waals surface area contributed by atoms with Gasteiger partial charge in [-0.05, 0) is 20.8 Å². The smallest absolute Gasteiger partial charge is 0.255 e. The molecule has 0 unspecified atom stereocenters. The van der Waals surface area contributed by atoms with Gasteiger partial charge in [-0.2, -0.15) is 15.4 Å². The van der Waals surface area contributed by atoms with Crippen molar-refractivity contribution in [2.45, 2.75) is 57.5 Å². The maximum atomic E-state index is 12.9. The van der Waals surface area contributed by atoms with Crippen LogP contribution in [0.25, 0.3) is 22.7 Å². The molecule has 182 valence electrons. The monoisotopic (exact) mass is 479 g/mol. The van der Waals surface area contributed by atoms with Crippen molar-refractivity contribution in [2.75, 3.05) is 18.9 Å². The van der Waals surface area contributed by atoms with Gasteiger partial charge < -0.3 is 24.8 Å². The summed E-state index contributed by atoms with van der Waals surface area (Å²) >= 11 is 0. The maximum Gasteiger partial charge on any atom is 0.255 e. The molecule has 15 heteroatoms. The third kappa shape index (κ3) is 3.74. The number of hydrogen-bond donors (Lipinski definition) is 3. The van der Waals surface area contributed by atoms with Gasteiger partial charge in [0.25, 0.3) is 12.3 Å². The first kappa shape index (κ1) is 22.5. The quantitative estimate of drug-likeness (QED) is 0.462. The van der Waals surface area contributed by atoms with E-state index in [0.717, 1.165) is 0 Å². The number of nitrogens with one attached hydrogen (secondary N) is 3. The van der Waals surface area contributed by atoms with E-state index in [0.29, 0.717) is 11.4 Å². The highest BCUT2D eigenvalue weighted by molar-refractivity contribution is 5.85. The van der Waals surface area contributed by atoms with Gasteiger partial charge in [-0.25, -0.2) is 23.7 Å². The molecule has 0 aliphatic carbocycles. The minimum atomic E-state index is -2.61. The van der Waals surface area contributed by atoms with E-state index in [-0.39, 0.29) is 28.7 Å². The SMILES string of the molecule is CNC(=O)[C@H]1O[C@@H](n2cnc3c(NCC(F)F)nc(-c4n[nH]nc4C)nc32)[C@@H]2OC(C)(C)O[C@@H]21. The second kappa shape index (κ2) is 8.18. The molecule has 0 radical (unpaired) electrons.